The number of rotatable bonds is 2. The second-order valence-electron chi connectivity index (χ2n) is 8.09. The Morgan fingerprint density at radius 2 is 1.55 bits per heavy atom. The minimum atomic E-state index is -0.995. The van der Waals surface area contributed by atoms with E-state index in [0.717, 1.165) is 16.7 Å². The Morgan fingerprint density at radius 1 is 0.806 bits per heavy atom. The second kappa shape index (κ2) is 7.70. The fourth-order valence-electron chi connectivity index (χ4n) is 5.23. The Morgan fingerprint density at radius 3 is 2.32 bits per heavy atom. The van der Waals surface area contributed by atoms with Crippen LogP contribution < -0.4 is 10.6 Å². The summed E-state index contributed by atoms with van der Waals surface area (Å²) in [5, 5.41) is 7.24. The summed E-state index contributed by atoms with van der Waals surface area (Å²) < 4.78 is 0. The highest BCUT2D eigenvalue weighted by Gasteiger charge is 2.59. The van der Waals surface area contributed by atoms with Crippen molar-refractivity contribution in [2.45, 2.75) is 23.7 Å². The molecule has 2 aliphatic rings. The third-order valence-electron chi connectivity index (χ3n) is 6.50. The first-order valence-electron chi connectivity index (χ1n) is 10.2. The van der Waals surface area contributed by atoms with Crippen LogP contribution in [0.4, 0.5) is 5.69 Å². The highest BCUT2D eigenvalue weighted by atomic mass is 35.5. The maximum absolute atomic E-state index is 13.9. The molecule has 5 rings (SSSR count). The lowest BCUT2D eigenvalue weighted by Gasteiger charge is -2.40. The summed E-state index contributed by atoms with van der Waals surface area (Å²) in [4.78, 5) is 26.7. The number of fused-ring (bicyclic) bond motifs is 2. The van der Waals surface area contributed by atoms with Crippen LogP contribution in [0.2, 0.25) is 10.0 Å². The summed E-state index contributed by atoms with van der Waals surface area (Å²) in [7, 11) is 0. The topological polar surface area (TPSA) is 58.2 Å². The lowest BCUT2D eigenvalue weighted by molar-refractivity contribution is -0.123. The molecule has 2 N–H and O–H groups in total. The van der Waals surface area contributed by atoms with Gasteiger partial charge in [-0.25, -0.2) is 0 Å². The van der Waals surface area contributed by atoms with E-state index in [-0.39, 0.29) is 30.1 Å². The number of carbonyl (C=O) groups is 2. The van der Waals surface area contributed by atoms with Gasteiger partial charge in [0.25, 0.3) is 0 Å². The number of hydrogen-bond acceptors (Lipinski definition) is 2. The molecule has 1 fully saturated rings. The summed E-state index contributed by atoms with van der Waals surface area (Å²) in [6, 6.07) is 22.8. The van der Waals surface area contributed by atoms with Crippen molar-refractivity contribution in [1.82, 2.24) is 5.32 Å². The molecule has 3 atom stereocenters. The second-order valence-corrected chi connectivity index (χ2v) is 8.96. The zero-order valence-electron chi connectivity index (χ0n) is 16.6. The van der Waals surface area contributed by atoms with Gasteiger partial charge in [0.15, 0.2) is 0 Å². The fourth-order valence-corrected chi connectivity index (χ4v) is 5.60. The van der Waals surface area contributed by atoms with Crippen LogP contribution in [0.25, 0.3) is 0 Å². The number of benzene rings is 3. The molecular formula is C25H20Cl2N2O2. The Kier molecular flexibility index (Phi) is 4.99. The third kappa shape index (κ3) is 3.22. The van der Waals surface area contributed by atoms with Gasteiger partial charge in [0.2, 0.25) is 11.8 Å². The molecule has 0 radical (unpaired) electrons. The van der Waals surface area contributed by atoms with Crippen LogP contribution in [0.3, 0.4) is 0 Å². The molecule has 1 spiro atoms. The molecule has 0 aromatic heterocycles. The summed E-state index contributed by atoms with van der Waals surface area (Å²) >= 11 is 12.6. The number of hydrogen-bond donors (Lipinski definition) is 2. The minimum Gasteiger partial charge on any atom is -0.355 e. The van der Waals surface area contributed by atoms with Crippen molar-refractivity contribution in [2.24, 2.45) is 0 Å². The predicted molar refractivity (Wildman–Crippen MR) is 123 cm³/mol. The first-order chi connectivity index (χ1) is 15.0. The van der Waals surface area contributed by atoms with Gasteiger partial charge in [0.1, 0.15) is 0 Å². The van der Waals surface area contributed by atoms with Crippen molar-refractivity contribution in [1.29, 1.82) is 0 Å². The highest BCUT2D eigenvalue weighted by molar-refractivity contribution is 6.31. The third-order valence-corrected chi connectivity index (χ3v) is 6.97. The van der Waals surface area contributed by atoms with Crippen LogP contribution in [0.15, 0.2) is 72.8 Å². The quantitative estimate of drug-likeness (QED) is 0.558. The van der Waals surface area contributed by atoms with Crippen molar-refractivity contribution in [3.8, 4) is 0 Å². The molecule has 0 bridgehead atoms. The van der Waals surface area contributed by atoms with E-state index >= 15 is 0 Å². The van der Waals surface area contributed by atoms with E-state index < -0.39 is 5.41 Å². The largest absolute Gasteiger partial charge is 0.355 e. The molecule has 0 aliphatic carbocycles. The van der Waals surface area contributed by atoms with E-state index in [0.29, 0.717) is 22.3 Å². The predicted octanol–water partition coefficient (Wildman–Crippen LogP) is 5.27. The average Bonchev–Trinajstić information content (AvgIpc) is 2.93. The number of amides is 2. The summed E-state index contributed by atoms with van der Waals surface area (Å²) in [5.74, 6) is -0.874. The maximum Gasteiger partial charge on any atom is 0.236 e. The molecule has 6 heteroatoms. The van der Waals surface area contributed by atoms with E-state index in [1.54, 1.807) is 12.1 Å². The van der Waals surface area contributed by atoms with Gasteiger partial charge in [-0.3, -0.25) is 9.59 Å². The van der Waals surface area contributed by atoms with Crippen LogP contribution in [0.1, 0.15) is 34.9 Å². The first-order valence-corrected chi connectivity index (χ1v) is 10.9. The monoisotopic (exact) mass is 450 g/mol. The Labute approximate surface area is 190 Å². The van der Waals surface area contributed by atoms with Gasteiger partial charge in [-0.1, -0.05) is 71.7 Å². The molecule has 2 heterocycles. The fraction of sp³-hybridized carbons (Fsp3) is 0.200. The average molecular weight is 451 g/mol. The number of carbonyl (C=O) groups excluding carboxylic acids is 2. The molecule has 2 aliphatic heterocycles. The number of halogens is 2. The minimum absolute atomic E-state index is 0.0760. The Bertz CT molecular complexity index is 1180. The van der Waals surface area contributed by atoms with Crippen LogP contribution in [-0.4, -0.2) is 18.4 Å². The van der Waals surface area contributed by atoms with Crippen molar-refractivity contribution in [3.05, 3.63) is 99.5 Å². The van der Waals surface area contributed by atoms with Crippen molar-refractivity contribution < 1.29 is 9.59 Å². The summed E-state index contributed by atoms with van der Waals surface area (Å²) in [5.41, 5.74) is 2.42. The van der Waals surface area contributed by atoms with E-state index in [4.69, 9.17) is 23.2 Å². The molecule has 156 valence electrons. The standard InChI is InChI=1S/C25H20Cl2N2O2/c26-17-8-4-7-16(11-17)21-14-28-23(30)13-20(15-5-2-1-3-6-15)25(21)19-10-9-18(27)12-22(19)29-24(25)31/h1-12,20-21H,13-14H2,(H,28,30)(H,29,31)/t20-,21+,25-/m0/s1. The zero-order chi connectivity index (χ0) is 21.6. The van der Waals surface area contributed by atoms with Crippen LogP contribution >= 0.6 is 23.2 Å². The summed E-state index contributed by atoms with van der Waals surface area (Å²) in [6.45, 7) is 0.331. The molecular weight excluding hydrogens is 431 g/mol. The Hall–Kier alpha value is -2.82. The zero-order valence-corrected chi connectivity index (χ0v) is 18.1. The smallest absolute Gasteiger partial charge is 0.236 e. The highest BCUT2D eigenvalue weighted by Crippen LogP contribution is 2.57. The van der Waals surface area contributed by atoms with Gasteiger partial charge in [-0.05, 0) is 41.0 Å². The van der Waals surface area contributed by atoms with Gasteiger partial charge in [0.05, 0.1) is 5.41 Å². The first kappa shape index (κ1) is 20.1. The lowest BCUT2D eigenvalue weighted by Crippen LogP contribution is -2.46. The summed E-state index contributed by atoms with van der Waals surface area (Å²) in [6.07, 6.45) is 0.205. The van der Waals surface area contributed by atoms with Gasteiger partial charge >= 0.3 is 0 Å². The van der Waals surface area contributed by atoms with E-state index in [2.05, 4.69) is 10.6 Å². The maximum atomic E-state index is 13.9. The van der Waals surface area contributed by atoms with Gasteiger partial charge in [-0.15, -0.1) is 0 Å². The molecule has 4 nitrogen and oxygen atoms in total. The molecule has 3 aromatic carbocycles. The van der Waals surface area contributed by atoms with E-state index in [1.807, 2.05) is 60.7 Å². The van der Waals surface area contributed by atoms with Gasteiger partial charge in [0, 0.05) is 40.5 Å². The molecule has 1 saturated heterocycles. The molecule has 3 aromatic rings. The Balaban J connectivity index is 1.83. The molecule has 2 amide bonds. The van der Waals surface area contributed by atoms with Crippen LogP contribution in [0, 0.1) is 0 Å². The molecule has 0 saturated carbocycles. The number of nitrogens with one attached hydrogen (secondary N) is 2. The van der Waals surface area contributed by atoms with Crippen molar-refractivity contribution in [2.75, 3.05) is 11.9 Å². The lowest BCUT2D eigenvalue weighted by atomic mass is 9.59. The van der Waals surface area contributed by atoms with Gasteiger partial charge in [-0.2, -0.15) is 0 Å². The molecule has 31 heavy (non-hydrogen) atoms. The van der Waals surface area contributed by atoms with Crippen LogP contribution in [0.5, 0.6) is 0 Å². The van der Waals surface area contributed by atoms with Crippen molar-refractivity contribution >= 4 is 40.7 Å². The SMILES string of the molecule is O=C1C[C@@H](c2ccccc2)[C@]2(C(=O)Nc3cc(Cl)ccc32)[C@@H](c2cccc(Cl)c2)CN1. The van der Waals surface area contributed by atoms with E-state index in [9.17, 15) is 9.59 Å². The van der Waals surface area contributed by atoms with Crippen LogP contribution in [-0.2, 0) is 15.0 Å². The molecule has 0 unspecified atom stereocenters. The normalized spacial score (nSPS) is 25.0. The van der Waals surface area contributed by atoms with E-state index in [1.165, 1.54) is 0 Å². The van der Waals surface area contributed by atoms with Gasteiger partial charge < -0.3 is 10.6 Å². The number of anilines is 1. The van der Waals surface area contributed by atoms with Crippen molar-refractivity contribution in [3.63, 3.8) is 0 Å².